The fourth-order valence-electron chi connectivity index (χ4n) is 2.86. The van der Waals surface area contributed by atoms with E-state index in [4.69, 9.17) is 32.7 Å². The summed E-state index contributed by atoms with van der Waals surface area (Å²) in [6.45, 7) is 0.242. The van der Waals surface area contributed by atoms with Crippen LogP contribution in [0.15, 0.2) is 70.2 Å². The molecule has 8 nitrogen and oxygen atoms in total. The minimum absolute atomic E-state index is 0.0607. The topological polar surface area (TPSA) is 103 Å². The predicted molar refractivity (Wildman–Crippen MR) is 139 cm³/mol. The van der Waals surface area contributed by atoms with Crippen LogP contribution in [-0.4, -0.2) is 24.2 Å². The summed E-state index contributed by atoms with van der Waals surface area (Å²) in [5.41, 5.74) is 4.29. The molecular weight excluding hydrogens is 561 g/mol. The van der Waals surface area contributed by atoms with E-state index in [0.29, 0.717) is 37.1 Å². The maximum Gasteiger partial charge on any atom is 0.270 e. The smallest absolute Gasteiger partial charge is 0.270 e. The third-order valence-electron chi connectivity index (χ3n) is 4.52. The Morgan fingerprint density at radius 1 is 1.14 bits per heavy atom. The number of ether oxygens (including phenoxy) is 2. The van der Waals surface area contributed by atoms with Gasteiger partial charge in [-0.05, 0) is 63.0 Å². The van der Waals surface area contributed by atoms with E-state index in [2.05, 4.69) is 26.5 Å². The summed E-state index contributed by atoms with van der Waals surface area (Å²) in [6, 6.07) is 14.6. The molecule has 0 aromatic heterocycles. The van der Waals surface area contributed by atoms with Gasteiger partial charge in [-0.1, -0.05) is 41.4 Å². The predicted octanol–water partition coefficient (Wildman–Crippen LogP) is 6.42. The number of hydrogen-bond acceptors (Lipinski definition) is 6. The lowest BCUT2D eigenvalue weighted by atomic mass is 10.2. The second-order valence-corrected chi connectivity index (χ2v) is 8.66. The fourth-order valence-corrected chi connectivity index (χ4v) is 3.76. The number of nitrogens with one attached hydrogen (secondary N) is 1. The molecule has 0 unspecified atom stereocenters. The third-order valence-corrected chi connectivity index (χ3v) is 5.84. The average Bonchev–Trinajstić information content (AvgIpc) is 2.84. The molecule has 0 heterocycles. The molecule has 3 rings (SSSR count). The monoisotopic (exact) mass is 577 g/mol. The van der Waals surface area contributed by atoms with Crippen LogP contribution in [0.5, 0.6) is 11.5 Å². The van der Waals surface area contributed by atoms with Gasteiger partial charge in [-0.25, -0.2) is 5.43 Å². The SMILES string of the molecule is COc1cc(/C=N\NC(=O)/C=C/c2cccc([N+](=O)[O-])c2)cc(Br)c1OCc1ccc(Cl)c(Cl)c1. The Labute approximate surface area is 219 Å². The van der Waals surface area contributed by atoms with Gasteiger partial charge in [-0.2, -0.15) is 5.10 Å². The third kappa shape index (κ3) is 7.54. The number of carbonyl (C=O) groups is 1. The molecule has 3 aromatic carbocycles. The molecule has 0 fully saturated rings. The summed E-state index contributed by atoms with van der Waals surface area (Å²) in [6.07, 6.45) is 4.12. The first-order chi connectivity index (χ1) is 16.8. The number of methoxy groups -OCH3 is 1. The van der Waals surface area contributed by atoms with Crippen LogP contribution >= 0.6 is 39.1 Å². The maximum absolute atomic E-state index is 12.0. The molecule has 1 N–H and O–H groups in total. The number of hydrazone groups is 1. The second-order valence-electron chi connectivity index (χ2n) is 6.99. The van der Waals surface area contributed by atoms with Gasteiger partial charge in [0.1, 0.15) is 6.61 Å². The lowest BCUT2D eigenvalue weighted by Gasteiger charge is -2.14. The second kappa shape index (κ2) is 12.3. The normalized spacial score (nSPS) is 11.1. The minimum atomic E-state index is -0.502. The number of amides is 1. The number of nitro benzene ring substituents is 1. The largest absolute Gasteiger partial charge is 0.493 e. The Morgan fingerprint density at radius 3 is 2.66 bits per heavy atom. The molecule has 0 aliphatic rings. The van der Waals surface area contributed by atoms with Crippen LogP contribution in [0.2, 0.25) is 10.0 Å². The molecule has 0 atom stereocenters. The molecule has 0 aliphatic heterocycles. The number of non-ortho nitro benzene ring substituents is 1. The van der Waals surface area contributed by atoms with Gasteiger partial charge in [0.15, 0.2) is 11.5 Å². The number of nitrogens with zero attached hydrogens (tertiary/aromatic N) is 2. The average molecular weight is 579 g/mol. The highest BCUT2D eigenvalue weighted by Crippen LogP contribution is 2.37. The van der Waals surface area contributed by atoms with Crippen LogP contribution in [0.4, 0.5) is 5.69 Å². The van der Waals surface area contributed by atoms with Gasteiger partial charge in [0.2, 0.25) is 0 Å². The minimum Gasteiger partial charge on any atom is -0.493 e. The Kier molecular flexibility index (Phi) is 9.25. The molecule has 180 valence electrons. The highest BCUT2D eigenvalue weighted by molar-refractivity contribution is 9.10. The van der Waals surface area contributed by atoms with Crippen LogP contribution in [0.25, 0.3) is 6.08 Å². The van der Waals surface area contributed by atoms with E-state index >= 15 is 0 Å². The van der Waals surface area contributed by atoms with Gasteiger partial charge in [0, 0.05) is 18.2 Å². The van der Waals surface area contributed by atoms with Crippen molar-refractivity contribution in [3.8, 4) is 11.5 Å². The maximum atomic E-state index is 12.0. The Bertz CT molecular complexity index is 1310. The highest BCUT2D eigenvalue weighted by Gasteiger charge is 2.12. The molecular formula is C24H18BrCl2N3O5. The summed E-state index contributed by atoms with van der Waals surface area (Å²) in [7, 11) is 1.51. The Balaban J connectivity index is 1.63. The first-order valence-corrected chi connectivity index (χ1v) is 11.5. The van der Waals surface area contributed by atoms with Gasteiger partial charge in [-0.3, -0.25) is 14.9 Å². The summed E-state index contributed by atoms with van der Waals surface area (Å²) >= 11 is 15.5. The van der Waals surface area contributed by atoms with E-state index in [-0.39, 0.29) is 12.3 Å². The van der Waals surface area contributed by atoms with Crippen LogP contribution in [0, 0.1) is 10.1 Å². The fraction of sp³-hybridized carbons (Fsp3) is 0.0833. The molecule has 35 heavy (non-hydrogen) atoms. The van der Waals surface area contributed by atoms with Crippen LogP contribution in [0.1, 0.15) is 16.7 Å². The standard InChI is InChI=1S/C24H18BrCl2N3O5/c1-34-22-12-17(10-19(25)24(22)35-14-16-5-7-20(26)21(27)11-16)13-28-29-23(31)8-6-15-3-2-4-18(9-15)30(32)33/h2-13H,14H2,1H3,(H,29,31)/b8-6+,28-13-. The summed E-state index contributed by atoms with van der Waals surface area (Å²) < 4.78 is 11.9. The van der Waals surface area contributed by atoms with Crippen molar-refractivity contribution in [2.45, 2.75) is 6.61 Å². The number of benzene rings is 3. The molecule has 11 heteroatoms. The quantitative estimate of drug-likeness (QED) is 0.137. The van der Waals surface area contributed by atoms with Gasteiger partial charge in [0.05, 0.1) is 32.8 Å². The van der Waals surface area contributed by atoms with Crippen molar-refractivity contribution >= 4 is 63.0 Å². The van der Waals surface area contributed by atoms with Crippen molar-refractivity contribution in [2.24, 2.45) is 5.10 Å². The molecule has 0 spiro atoms. The number of halogens is 3. The van der Waals surface area contributed by atoms with E-state index in [1.807, 2.05) is 6.07 Å². The van der Waals surface area contributed by atoms with Crippen molar-refractivity contribution < 1.29 is 19.2 Å². The van der Waals surface area contributed by atoms with E-state index < -0.39 is 10.8 Å². The van der Waals surface area contributed by atoms with E-state index in [0.717, 1.165) is 5.56 Å². The van der Waals surface area contributed by atoms with Crippen molar-refractivity contribution in [3.05, 3.63) is 102 Å². The van der Waals surface area contributed by atoms with Crippen molar-refractivity contribution in [1.29, 1.82) is 0 Å². The molecule has 0 radical (unpaired) electrons. The number of rotatable bonds is 9. The zero-order valence-electron chi connectivity index (χ0n) is 18.2. The lowest BCUT2D eigenvalue weighted by molar-refractivity contribution is -0.384. The first-order valence-electron chi connectivity index (χ1n) is 9.96. The van der Waals surface area contributed by atoms with E-state index in [1.54, 1.807) is 30.3 Å². The highest BCUT2D eigenvalue weighted by atomic mass is 79.9. The number of nitro groups is 1. The van der Waals surface area contributed by atoms with E-state index in [1.165, 1.54) is 43.7 Å². The van der Waals surface area contributed by atoms with Crippen LogP contribution in [0.3, 0.4) is 0 Å². The van der Waals surface area contributed by atoms with Crippen molar-refractivity contribution in [2.75, 3.05) is 7.11 Å². The number of hydrogen-bond donors (Lipinski definition) is 1. The molecule has 0 bridgehead atoms. The van der Waals surface area contributed by atoms with Gasteiger partial charge in [0.25, 0.3) is 11.6 Å². The summed E-state index contributed by atoms with van der Waals surface area (Å²) in [4.78, 5) is 22.4. The molecule has 0 saturated carbocycles. The summed E-state index contributed by atoms with van der Waals surface area (Å²) in [5, 5.41) is 15.7. The van der Waals surface area contributed by atoms with Crippen LogP contribution in [-0.2, 0) is 11.4 Å². The lowest BCUT2D eigenvalue weighted by Crippen LogP contribution is -2.14. The Morgan fingerprint density at radius 2 is 1.94 bits per heavy atom. The van der Waals surface area contributed by atoms with Gasteiger partial charge in [-0.15, -0.1) is 0 Å². The molecule has 3 aromatic rings. The Hall–Kier alpha value is -3.40. The summed E-state index contributed by atoms with van der Waals surface area (Å²) in [5.74, 6) is 0.442. The van der Waals surface area contributed by atoms with Crippen LogP contribution < -0.4 is 14.9 Å². The van der Waals surface area contributed by atoms with Gasteiger partial charge < -0.3 is 9.47 Å². The van der Waals surface area contributed by atoms with E-state index in [9.17, 15) is 14.9 Å². The number of carbonyl (C=O) groups excluding carboxylic acids is 1. The zero-order valence-corrected chi connectivity index (χ0v) is 21.3. The van der Waals surface area contributed by atoms with Crippen molar-refractivity contribution in [3.63, 3.8) is 0 Å². The zero-order chi connectivity index (χ0) is 25.4. The van der Waals surface area contributed by atoms with Crippen molar-refractivity contribution in [1.82, 2.24) is 5.43 Å². The molecule has 1 amide bonds. The van der Waals surface area contributed by atoms with Gasteiger partial charge >= 0.3 is 0 Å². The first kappa shape index (κ1) is 26.2. The molecule has 0 aliphatic carbocycles. The molecule has 0 saturated heterocycles.